The number of ketones is 1. The summed E-state index contributed by atoms with van der Waals surface area (Å²) in [6.07, 6.45) is -7.22. The number of carbonyl (C=O) groups excluding carboxylic acids is 2. The molecular weight excluding hydrogens is 1130 g/mol. The van der Waals surface area contributed by atoms with Gasteiger partial charge in [-0.3, -0.25) is 4.79 Å². The predicted octanol–water partition coefficient (Wildman–Crippen LogP) is 12.4. The van der Waals surface area contributed by atoms with E-state index < -0.39 is 150 Å². The minimum Gasteiger partial charge on any atom is -0.417 e. The second kappa shape index (κ2) is 21.4. The zero-order chi connectivity index (χ0) is 58.8. The van der Waals surface area contributed by atoms with Crippen molar-refractivity contribution in [3.05, 3.63) is 249 Å². The van der Waals surface area contributed by atoms with Crippen LogP contribution < -0.4 is 31.2 Å². The van der Waals surface area contributed by atoms with Crippen molar-refractivity contribution in [1.82, 2.24) is 0 Å². The maximum Gasteiger partial charge on any atom is 0.409 e. The lowest BCUT2D eigenvalue weighted by Crippen LogP contribution is -2.81. The second-order valence-corrected chi connectivity index (χ2v) is 17.5. The Balaban J connectivity index is 0.000000200. The molecular formula is C56H22BF20NO3. The van der Waals surface area contributed by atoms with Crippen LogP contribution in [0.3, 0.4) is 0 Å². The molecule has 0 atom stereocenters. The van der Waals surface area contributed by atoms with Crippen LogP contribution in [0.5, 0.6) is 5.75 Å². The van der Waals surface area contributed by atoms with Gasteiger partial charge in [-0.15, -0.1) is 21.9 Å². The summed E-state index contributed by atoms with van der Waals surface area (Å²) in [6, 6.07) is 38.3. The normalized spacial score (nSPS) is 11.6. The van der Waals surface area contributed by atoms with Crippen LogP contribution in [0, 0.1) is 116 Å². The summed E-state index contributed by atoms with van der Waals surface area (Å²) in [5.74, 6) is -71.5. The van der Waals surface area contributed by atoms with Crippen LogP contribution in [0.2, 0.25) is 0 Å². The van der Waals surface area contributed by atoms with Crippen LogP contribution in [0.25, 0.3) is 32.4 Å². The molecule has 412 valence electrons. The van der Waals surface area contributed by atoms with Crippen molar-refractivity contribution in [2.75, 3.05) is 0 Å². The standard InChI is InChI=1S/C32H22NO3.C24BF20/c34-30(23-11-2-1-3-12-23)21-33-28-17-9-6-10-22(28)18-19-29(33)32(35)36-31-26-15-7-4-13-24(26)20-25-14-5-8-16-27(25)31;26-5-1(6(27)14(35)21(42)13(5)34)25(2-7(28)15(36)22(43)16(37)8(2)29,3-9(30)17(38)23(44)18(39)10(3)31)4-11(32)19(40)24(45)20(41)12(4)33/h1-20H,21H2;/q+1;-1. The van der Waals surface area contributed by atoms with Crippen molar-refractivity contribution in [2.45, 2.75) is 6.54 Å². The lowest BCUT2D eigenvalue weighted by molar-refractivity contribution is -0.659. The number of ether oxygens (including phenoxy) is 1. The zero-order valence-electron chi connectivity index (χ0n) is 39.6. The molecule has 0 fully saturated rings. The molecule has 0 aliphatic heterocycles. The van der Waals surface area contributed by atoms with E-state index in [4.69, 9.17) is 4.74 Å². The highest BCUT2D eigenvalue weighted by Gasteiger charge is 2.52. The fourth-order valence-electron chi connectivity index (χ4n) is 9.57. The van der Waals surface area contributed by atoms with E-state index in [1.54, 1.807) is 22.8 Å². The molecule has 0 N–H and O–H groups in total. The summed E-state index contributed by atoms with van der Waals surface area (Å²) in [4.78, 5) is 26.9. The van der Waals surface area contributed by atoms with Gasteiger partial charge in [0.1, 0.15) is 58.4 Å². The largest absolute Gasteiger partial charge is 0.417 e. The summed E-state index contributed by atoms with van der Waals surface area (Å²) < 4.78 is 302. The Morgan fingerprint density at radius 1 is 0.346 bits per heavy atom. The number of fused-ring (bicyclic) bond motifs is 3. The van der Waals surface area contributed by atoms with Gasteiger partial charge >= 0.3 is 5.97 Å². The highest BCUT2D eigenvalue weighted by Crippen LogP contribution is 2.36. The Morgan fingerprint density at radius 2 is 0.654 bits per heavy atom. The number of carbonyl (C=O) groups is 2. The van der Waals surface area contributed by atoms with E-state index in [1.807, 2.05) is 97.1 Å². The van der Waals surface area contributed by atoms with Crippen molar-refractivity contribution in [3.63, 3.8) is 0 Å². The van der Waals surface area contributed by atoms with Gasteiger partial charge in [-0.2, -0.15) is 4.57 Å². The molecule has 1 aromatic heterocycles. The quantitative estimate of drug-likeness (QED) is 0.0167. The molecule has 0 bridgehead atoms. The monoisotopic (exact) mass is 1150 g/mol. The minimum absolute atomic E-state index is 0.0199. The number of aromatic nitrogens is 1. The smallest absolute Gasteiger partial charge is 0.409 e. The van der Waals surface area contributed by atoms with Crippen LogP contribution in [-0.4, -0.2) is 17.9 Å². The van der Waals surface area contributed by atoms with E-state index >= 15 is 35.1 Å². The first-order valence-corrected chi connectivity index (χ1v) is 22.7. The zero-order valence-corrected chi connectivity index (χ0v) is 39.6. The van der Waals surface area contributed by atoms with E-state index in [2.05, 4.69) is 6.07 Å². The molecule has 9 aromatic carbocycles. The number of benzene rings is 9. The Hall–Kier alpha value is -9.29. The Labute approximate surface area is 439 Å². The average Bonchev–Trinajstić information content (AvgIpc) is 3.62. The highest BCUT2D eigenvalue weighted by molar-refractivity contribution is 7.20. The van der Waals surface area contributed by atoms with Gasteiger partial charge in [-0.1, -0.05) is 91.0 Å². The molecule has 0 amide bonds. The summed E-state index contributed by atoms with van der Waals surface area (Å²) in [5.41, 5.74) is -12.6. The molecule has 4 nitrogen and oxygen atoms in total. The summed E-state index contributed by atoms with van der Waals surface area (Å²) in [7, 11) is 0. The fraction of sp³-hybridized carbons (Fsp3) is 0.0179. The number of hydrogen-bond donors (Lipinski definition) is 0. The van der Waals surface area contributed by atoms with Gasteiger partial charge in [0, 0.05) is 33.9 Å². The molecule has 81 heavy (non-hydrogen) atoms. The first kappa shape index (κ1) is 56.4. The first-order valence-electron chi connectivity index (χ1n) is 22.7. The minimum atomic E-state index is -7.22. The van der Waals surface area contributed by atoms with Gasteiger partial charge in [0.25, 0.3) is 5.69 Å². The molecule has 0 radical (unpaired) electrons. The predicted molar refractivity (Wildman–Crippen MR) is 251 cm³/mol. The number of Topliss-reactive ketones (excluding diaryl/α,β-unsaturated/α-hetero) is 1. The average molecular weight is 1150 g/mol. The summed E-state index contributed by atoms with van der Waals surface area (Å²) >= 11 is 0. The van der Waals surface area contributed by atoms with Crippen molar-refractivity contribution in [1.29, 1.82) is 0 Å². The van der Waals surface area contributed by atoms with Crippen LogP contribution >= 0.6 is 0 Å². The third kappa shape index (κ3) is 8.99. The van der Waals surface area contributed by atoms with Gasteiger partial charge in [-0.25, -0.2) is 92.6 Å². The van der Waals surface area contributed by atoms with Crippen LogP contribution in [0.4, 0.5) is 87.8 Å². The van der Waals surface area contributed by atoms with Gasteiger partial charge in [0.15, 0.2) is 69.8 Å². The SMILES string of the molecule is Fc1c(F)c(F)c([B-](c2c(F)c(F)c(F)c(F)c2F)(c2c(F)c(F)c(F)c(F)c2F)c2c(F)c(F)c(F)c(F)c2F)c(F)c1F.O=C(C[n+]1c(C(=O)Oc2c3ccccc3cc3ccccc23)ccc2ccccc21)c1ccccc1. The molecule has 0 saturated carbocycles. The van der Waals surface area contributed by atoms with Crippen LogP contribution in [0.1, 0.15) is 20.8 Å². The number of halogens is 20. The van der Waals surface area contributed by atoms with E-state index in [9.17, 15) is 62.3 Å². The van der Waals surface area contributed by atoms with E-state index in [1.165, 1.54) is 0 Å². The van der Waals surface area contributed by atoms with Gasteiger partial charge in [0.05, 0.1) is 0 Å². The van der Waals surface area contributed by atoms with Crippen molar-refractivity contribution in [2.24, 2.45) is 0 Å². The van der Waals surface area contributed by atoms with Gasteiger partial charge in [-0.05, 0) is 29.0 Å². The number of esters is 1. The molecule has 1 heterocycles. The first-order chi connectivity index (χ1) is 38.4. The van der Waals surface area contributed by atoms with Crippen LogP contribution in [-0.2, 0) is 6.54 Å². The maximum absolute atomic E-state index is 15.4. The number of para-hydroxylation sites is 1. The number of nitrogens with zero attached hydrogens (tertiary/aromatic N) is 1. The van der Waals surface area contributed by atoms with E-state index in [-0.39, 0.29) is 12.3 Å². The lowest BCUT2D eigenvalue weighted by atomic mass is 9.12. The van der Waals surface area contributed by atoms with Gasteiger partial charge in [0.2, 0.25) is 17.8 Å². The summed E-state index contributed by atoms with van der Waals surface area (Å²) in [6.45, 7) is 0.0199. The number of rotatable bonds is 9. The number of pyridine rings is 1. The van der Waals surface area contributed by atoms with Crippen molar-refractivity contribution < 1.29 is 107 Å². The molecule has 10 rings (SSSR count). The molecule has 0 aliphatic carbocycles. The van der Waals surface area contributed by atoms with Crippen molar-refractivity contribution in [3.8, 4) is 5.75 Å². The van der Waals surface area contributed by atoms with Crippen molar-refractivity contribution >= 4 is 72.2 Å². The molecule has 10 aromatic rings. The third-order valence-electron chi connectivity index (χ3n) is 13.2. The van der Waals surface area contributed by atoms with Crippen LogP contribution in [0.15, 0.2) is 121 Å². The highest BCUT2D eigenvalue weighted by atomic mass is 19.2. The Bertz CT molecular complexity index is 3860. The Morgan fingerprint density at radius 3 is 1.02 bits per heavy atom. The van der Waals surface area contributed by atoms with E-state index in [0.717, 1.165) is 32.4 Å². The second-order valence-electron chi connectivity index (χ2n) is 17.5. The topological polar surface area (TPSA) is 47.2 Å². The Kier molecular flexibility index (Phi) is 14.9. The summed E-state index contributed by atoms with van der Waals surface area (Å²) in [5, 5.41) is 4.63. The maximum atomic E-state index is 15.4. The van der Waals surface area contributed by atoms with E-state index in [0.29, 0.717) is 17.0 Å². The lowest BCUT2D eigenvalue weighted by Gasteiger charge is -2.44. The third-order valence-corrected chi connectivity index (χ3v) is 13.2. The number of hydrogen-bond acceptors (Lipinski definition) is 3. The molecule has 25 heteroatoms. The van der Waals surface area contributed by atoms with Gasteiger partial charge < -0.3 is 4.74 Å². The molecule has 0 saturated heterocycles. The fourth-order valence-corrected chi connectivity index (χ4v) is 9.57. The molecule has 0 aliphatic rings. The molecule has 0 spiro atoms. The molecule has 0 unspecified atom stereocenters.